The molecule has 3 rings (SSSR count). The minimum Gasteiger partial charge on any atom is -0.384 e. The lowest BCUT2D eigenvalue weighted by Crippen LogP contribution is -2.33. The number of thioether (sulfide) groups is 1. The molecule has 0 amide bonds. The van der Waals surface area contributed by atoms with Crippen molar-refractivity contribution in [1.82, 2.24) is 0 Å². The highest BCUT2D eigenvalue weighted by Gasteiger charge is 2.33. The molecule has 0 atom stereocenters. The van der Waals surface area contributed by atoms with Crippen LogP contribution in [0.2, 0.25) is 0 Å². The first-order valence-corrected chi connectivity index (χ1v) is 7.32. The summed E-state index contributed by atoms with van der Waals surface area (Å²) >= 11 is 2.05. The molecule has 1 fully saturated rings. The minimum atomic E-state index is 0.571. The monoisotopic (exact) mass is 233 g/mol. The van der Waals surface area contributed by atoms with Crippen molar-refractivity contribution < 1.29 is 0 Å². The molecule has 16 heavy (non-hydrogen) atoms. The molecule has 1 aliphatic heterocycles. The molecule has 0 bridgehead atoms. The Kier molecular flexibility index (Phi) is 2.84. The second-order valence-corrected chi connectivity index (χ2v) is 6.22. The van der Waals surface area contributed by atoms with Crippen molar-refractivity contribution in [3.05, 3.63) is 24.3 Å². The van der Waals surface area contributed by atoms with E-state index in [2.05, 4.69) is 41.3 Å². The summed E-state index contributed by atoms with van der Waals surface area (Å²) in [6.07, 6.45) is 7.14. The number of rotatable bonds is 0. The fraction of sp³-hybridized carbons (Fsp3) is 0.571. The largest absolute Gasteiger partial charge is 0.384 e. The van der Waals surface area contributed by atoms with Gasteiger partial charge in [0, 0.05) is 22.9 Å². The minimum absolute atomic E-state index is 0.571. The van der Waals surface area contributed by atoms with Gasteiger partial charge in [-0.15, -0.1) is 11.8 Å². The van der Waals surface area contributed by atoms with Crippen LogP contribution in [-0.2, 0) is 0 Å². The van der Waals surface area contributed by atoms with Crippen LogP contribution in [0.25, 0.3) is 0 Å². The third-order valence-corrected chi connectivity index (χ3v) is 5.41. The summed E-state index contributed by atoms with van der Waals surface area (Å²) in [5, 5.41) is 3.66. The van der Waals surface area contributed by atoms with Crippen molar-refractivity contribution in [2.24, 2.45) is 5.41 Å². The van der Waals surface area contributed by atoms with E-state index in [0.29, 0.717) is 5.41 Å². The Bertz CT molecular complexity index is 340. The van der Waals surface area contributed by atoms with Crippen LogP contribution < -0.4 is 5.32 Å². The van der Waals surface area contributed by atoms with Gasteiger partial charge < -0.3 is 5.32 Å². The van der Waals surface area contributed by atoms with E-state index in [1.54, 1.807) is 0 Å². The van der Waals surface area contributed by atoms with E-state index in [0.717, 1.165) is 0 Å². The second kappa shape index (κ2) is 4.33. The zero-order chi connectivity index (χ0) is 10.8. The average Bonchev–Trinajstić information content (AvgIpc) is 2.52. The van der Waals surface area contributed by atoms with Crippen LogP contribution >= 0.6 is 11.8 Å². The van der Waals surface area contributed by atoms with E-state index < -0.39 is 0 Å². The van der Waals surface area contributed by atoms with Gasteiger partial charge in [-0.1, -0.05) is 31.4 Å². The number of para-hydroxylation sites is 1. The summed E-state index contributed by atoms with van der Waals surface area (Å²) in [6.45, 7) is 1.18. The highest BCUT2D eigenvalue weighted by molar-refractivity contribution is 7.99. The first-order valence-electron chi connectivity index (χ1n) is 6.34. The van der Waals surface area contributed by atoms with Crippen LogP contribution in [0.1, 0.15) is 32.1 Å². The zero-order valence-electron chi connectivity index (χ0n) is 9.67. The molecule has 1 aliphatic carbocycles. The predicted molar refractivity (Wildman–Crippen MR) is 71.2 cm³/mol. The van der Waals surface area contributed by atoms with E-state index in [1.165, 1.54) is 55.0 Å². The van der Waals surface area contributed by atoms with Gasteiger partial charge in [-0.25, -0.2) is 0 Å². The number of hydrogen-bond donors (Lipinski definition) is 1. The highest BCUT2D eigenvalue weighted by Crippen LogP contribution is 2.44. The average molecular weight is 233 g/mol. The van der Waals surface area contributed by atoms with Gasteiger partial charge in [0.15, 0.2) is 0 Å². The highest BCUT2D eigenvalue weighted by atomic mass is 32.2. The van der Waals surface area contributed by atoms with Crippen LogP contribution in [0.4, 0.5) is 5.69 Å². The summed E-state index contributed by atoms with van der Waals surface area (Å²) in [4.78, 5) is 1.44. The lowest BCUT2D eigenvalue weighted by atomic mass is 9.75. The quantitative estimate of drug-likeness (QED) is 0.722. The molecule has 1 N–H and O–H groups in total. The van der Waals surface area contributed by atoms with Crippen LogP contribution in [0, 0.1) is 5.41 Å². The number of nitrogens with one attached hydrogen (secondary N) is 1. The fourth-order valence-electron chi connectivity index (χ4n) is 2.93. The van der Waals surface area contributed by atoms with Gasteiger partial charge >= 0.3 is 0 Å². The number of anilines is 1. The Morgan fingerprint density at radius 2 is 1.88 bits per heavy atom. The van der Waals surface area contributed by atoms with E-state index in [1.807, 2.05) is 0 Å². The maximum Gasteiger partial charge on any atom is 0.0478 e. The van der Waals surface area contributed by atoms with Crippen molar-refractivity contribution in [3.8, 4) is 0 Å². The summed E-state index contributed by atoms with van der Waals surface area (Å²) < 4.78 is 0. The third kappa shape index (κ3) is 1.95. The molecule has 2 aliphatic rings. The summed E-state index contributed by atoms with van der Waals surface area (Å²) in [7, 11) is 0. The predicted octanol–water partition coefficient (Wildman–Crippen LogP) is 4.15. The zero-order valence-corrected chi connectivity index (χ0v) is 10.5. The number of fused-ring (bicyclic) bond motifs is 1. The van der Waals surface area contributed by atoms with Gasteiger partial charge in [0.2, 0.25) is 0 Å². The first kappa shape index (κ1) is 10.5. The van der Waals surface area contributed by atoms with Gasteiger partial charge in [-0.05, 0) is 30.4 Å². The van der Waals surface area contributed by atoms with E-state index >= 15 is 0 Å². The Morgan fingerprint density at radius 3 is 2.75 bits per heavy atom. The summed E-state index contributed by atoms with van der Waals surface area (Å²) in [5.41, 5.74) is 1.91. The molecule has 86 valence electrons. The molecule has 2 heteroatoms. The topological polar surface area (TPSA) is 12.0 Å². The molecule has 0 unspecified atom stereocenters. The normalized spacial score (nSPS) is 23.2. The molecule has 1 aromatic carbocycles. The molecule has 1 saturated carbocycles. The fourth-order valence-corrected chi connectivity index (χ4v) is 4.25. The van der Waals surface area contributed by atoms with Crippen molar-refractivity contribution in [2.45, 2.75) is 37.0 Å². The van der Waals surface area contributed by atoms with E-state index in [4.69, 9.17) is 0 Å². The molecule has 1 aromatic rings. The van der Waals surface area contributed by atoms with E-state index in [9.17, 15) is 0 Å². The van der Waals surface area contributed by atoms with Gasteiger partial charge in [0.05, 0.1) is 0 Å². The Morgan fingerprint density at radius 1 is 1.06 bits per heavy atom. The van der Waals surface area contributed by atoms with Crippen LogP contribution in [0.3, 0.4) is 0 Å². The molecule has 0 radical (unpaired) electrons. The van der Waals surface area contributed by atoms with Crippen molar-refractivity contribution in [1.29, 1.82) is 0 Å². The Balaban J connectivity index is 1.81. The van der Waals surface area contributed by atoms with Crippen molar-refractivity contribution in [2.75, 3.05) is 17.6 Å². The van der Waals surface area contributed by atoms with Crippen molar-refractivity contribution in [3.63, 3.8) is 0 Å². The lowest BCUT2D eigenvalue weighted by Gasteiger charge is -2.35. The lowest BCUT2D eigenvalue weighted by molar-refractivity contribution is 0.241. The molecule has 1 nitrogen and oxygen atoms in total. The van der Waals surface area contributed by atoms with Crippen LogP contribution in [-0.4, -0.2) is 12.3 Å². The molecule has 1 heterocycles. The molecular weight excluding hydrogens is 214 g/mol. The van der Waals surface area contributed by atoms with Crippen LogP contribution in [0.5, 0.6) is 0 Å². The smallest absolute Gasteiger partial charge is 0.0478 e. The SMILES string of the molecule is c1ccc2c(c1)NCC1(CCCCC1)CS2. The second-order valence-electron chi connectivity index (χ2n) is 5.20. The molecule has 0 saturated heterocycles. The van der Waals surface area contributed by atoms with Crippen LogP contribution in [0.15, 0.2) is 29.2 Å². The molecular formula is C14H19NS. The van der Waals surface area contributed by atoms with E-state index in [-0.39, 0.29) is 0 Å². The summed E-state index contributed by atoms with van der Waals surface area (Å²) in [5.74, 6) is 1.30. The van der Waals surface area contributed by atoms with Gasteiger partial charge in [0.25, 0.3) is 0 Å². The standard InChI is InChI=1S/C14H19NS/c1-4-8-14(9-5-1)10-15-12-6-2-3-7-13(12)16-11-14/h2-3,6-7,15H,1,4-5,8-11H2. The number of benzene rings is 1. The van der Waals surface area contributed by atoms with Gasteiger partial charge in [-0.2, -0.15) is 0 Å². The Labute approximate surface area is 102 Å². The molecule has 0 aromatic heterocycles. The number of hydrogen-bond acceptors (Lipinski definition) is 2. The van der Waals surface area contributed by atoms with Gasteiger partial charge in [0.1, 0.15) is 0 Å². The van der Waals surface area contributed by atoms with Crippen molar-refractivity contribution >= 4 is 17.4 Å². The third-order valence-electron chi connectivity index (χ3n) is 3.99. The first-order chi connectivity index (χ1) is 7.88. The maximum absolute atomic E-state index is 3.66. The maximum atomic E-state index is 3.66. The molecule has 1 spiro atoms. The summed E-state index contributed by atoms with van der Waals surface area (Å²) in [6, 6.07) is 8.73. The Hall–Kier alpha value is -0.630. The van der Waals surface area contributed by atoms with Gasteiger partial charge in [-0.3, -0.25) is 0 Å².